The van der Waals surface area contributed by atoms with Crippen LogP contribution in [0.1, 0.15) is 24.0 Å². The molecule has 0 radical (unpaired) electrons. The number of benzene rings is 2. The molecule has 2 nitrogen and oxygen atoms in total. The van der Waals surface area contributed by atoms with Gasteiger partial charge in [-0.3, -0.25) is 4.90 Å². The van der Waals surface area contributed by atoms with Gasteiger partial charge in [-0.25, -0.2) is 0 Å². The second-order valence-electron chi connectivity index (χ2n) is 5.77. The maximum absolute atomic E-state index is 6.32. The van der Waals surface area contributed by atoms with Crippen molar-refractivity contribution in [2.75, 3.05) is 13.6 Å². The fourth-order valence-electron chi connectivity index (χ4n) is 3.46. The number of likely N-dealkylation sites (tertiary alicyclic amines) is 1. The molecule has 0 amide bonds. The number of hydrogen-bond acceptors (Lipinski definition) is 2. The number of nitrogens with zero attached hydrogens (tertiary/aromatic N) is 1. The van der Waals surface area contributed by atoms with Crippen LogP contribution in [0.4, 0.5) is 0 Å². The van der Waals surface area contributed by atoms with Gasteiger partial charge in [-0.1, -0.05) is 60.7 Å². The molecular weight excluding hydrogens is 244 g/mol. The third kappa shape index (κ3) is 2.15. The van der Waals surface area contributed by atoms with Crippen molar-refractivity contribution >= 4 is 0 Å². The largest absolute Gasteiger partial charge is 0.328 e. The molecule has 2 aromatic rings. The highest BCUT2D eigenvalue weighted by atomic mass is 15.2. The van der Waals surface area contributed by atoms with Crippen molar-refractivity contribution in [3.63, 3.8) is 0 Å². The van der Waals surface area contributed by atoms with E-state index in [0.717, 1.165) is 19.4 Å². The van der Waals surface area contributed by atoms with Crippen LogP contribution in [-0.2, 0) is 5.54 Å². The van der Waals surface area contributed by atoms with Gasteiger partial charge in [0, 0.05) is 12.6 Å². The maximum atomic E-state index is 6.32. The van der Waals surface area contributed by atoms with E-state index in [1.54, 1.807) is 0 Å². The summed E-state index contributed by atoms with van der Waals surface area (Å²) < 4.78 is 0. The molecule has 1 atom stereocenters. The molecular formula is C18H22N2. The van der Waals surface area contributed by atoms with Crippen molar-refractivity contribution < 1.29 is 0 Å². The van der Waals surface area contributed by atoms with Gasteiger partial charge in [-0.2, -0.15) is 0 Å². The summed E-state index contributed by atoms with van der Waals surface area (Å²) in [7, 11) is 2.21. The Kier molecular flexibility index (Phi) is 3.60. The predicted molar refractivity (Wildman–Crippen MR) is 83.5 cm³/mol. The summed E-state index contributed by atoms with van der Waals surface area (Å²) in [5, 5.41) is 0. The van der Waals surface area contributed by atoms with Crippen LogP contribution in [0.25, 0.3) is 0 Å². The van der Waals surface area contributed by atoms with Crippen molar-refractivity contribution in [3.05, 3.63) is 71.8 Å². The van der Waals surface area contributed by atoms with Crippen LogP contribution in [0.3, 0.4) is 0 Å². The van der Waals surface area contributed by atoms with E-state index in [4.69, 9.17) is 5.73 Å². The zero-order valence-corrected chi connectivity index (χ0v) is 12.0. The highest BCUT2D eigenvalue weighted by Gasteiger charge is 2.42. The first kappa shape index (κ1) is 13.3. The minimum atomic E-state index is -0.0970. The van der Waals surface area contributed by atoms with E-state index in [1.807, 2.05) is 0 Å². The van der Waals surface area contributed by atoms with Gasteiger partial charge < -0.3 is 5.73 Å². The molecule has 104 valence electrons. The average molecular weight is 266 g/mol. The fourth-order valence-corrected chi connectivity index (χ4v) is 3.46. The van der Waals surface area contributed by atoms with Crippen LogP contribution in [0.15, 0.2) is 60.7 Å². The summed E-state index contributed by atoms with van der Waals surface area (Å²) in [6, 6.07) is 21.8. The number of nitrogens with two attached hydrogens (primary N) is 1. The Hall–Kier alpha value is -1.64. The summed E-state index contributed by atoms with van der Waals surface area (Å²) in [4.78, 5) is 2.46. The fraction of sp³-hybridized carbons (Fsp3) is 0.333. The molecule has 1 aliphatic heterocycles. The van der Waals surface area contributed by atoms with Crippen LogP contribution in [0.5, 0.6) is 0 Å². The van der Waals surface area contributed by atoms with Crippen molar-refractivity contribution in [2.45, 2.75) is 24.4 Å². The minimum Gasteiger partial charge on any atom is -0.328 e. The van der Waals surface area contributed by atoms with Crippen LogP contribution < -0.4 is 5.73 Å². The lowest BCUT2D eigenvalue weighted by Gasteiger charge is -2.48. The van der Waals surface area contributed by atoms with E-state index in [9.17, 15) is 0 Å². The topological polar surface area (TPSA) is 29.3 Å². The Balaban J connectivity index is 2.17. The van der Waals surface area contributed by atoms with Crippen LogP contribution >= 0.6 is 0 Å². The first-order chi connectivity index (χ1) is 9.73. The van der Waals surface area contributed by atoms with E-state index < -0.39 is 0 Å². The van der Waals surface area contributed by atoms with E-state index in [0.29, 0.717) is 0 Å². The summed E-state index contributed by atoms with van der Waals surface area (Å²) in [6.07, 6.45) is 2.04. The highest BCUT2D eigenvalue weighted by Crippen LogP contribution is 2.41. The lowest BCUT2D eigenvalue weighted by molar-refractivity contribution is 0.0962. The highest BCUT2D eigenvalue weighted by molar-refractivity contribution is 5.39. The zero-order valence-electron chi connectivity index (χ0n) is 12.0. The van der Waals surface area contributed by atoms with E-state index in [-0.39, 0.29) is 11.6 Å². The summed E-state index contributed by atoms with van der Waals surface area (Å²) in [6.45, 7) is 1.03. The molecule has 2 heteroatoms. The molecule has 2 N–H and O–H groups in total. The second kappa shape index (κ2) is 5.39. The Morgan fingerprint density at radius 3 is 1.95 bits per heavy atom. The first-order valence-corrected chi connectivity index (χ1v) is 7.31. The molecule has 0 aliphatic carbocycles. The van der Waals surface area contributed by atoms with Crippen molar-refractivity contribution in [2.24, 2.45) is 5.73 Å². The van der Waals surface area contributed by atoms with Gasteiger partial charge in [0.2, 0.25) is 0 Å². The van der Waals surface area contributed by atoms with Crippen LogP contribution in [0, 0.1) is 0 Å². The van der Waals surface area contributed by atoms with E-state index in [2.05, 4.69) is 72.6 Å². The summed E-state index contributed by atoms with van der Waals surface area (Å²) in [5.74, 6) is 0. The summed E-state index contributed by atoms with van der Waals surface area (Å²) in [5.41, 5.74) is 8.90. The molecule has 0 aromatic heterocycles. The van der Waals surface area contributed by atoms with E-state index >= 15 is 0 Å². The molecule has 0 bridgehead atoms. The second-order valence-corrected chi connectivity index (χ2v) is 5.77. The third-order valence-electron chi connectivity index (χ3n) is 4.55. The molecule has 2 aromatic carbocycles. The monoisotopic (exact) mass is 266 g/mol. The first-order valence-electron chi connectivity index (χ1n) is 7.31. The molecule has 1 aliphatic rings. The lowest BCUT2D eigenvalue weighted by atomic mass is 9.74. The van der Waals surface area contributed by atoms with Crippen molar-refractivity contribution in [3.8, 4) is 0 Å². The van der Waals surface area contributed by atoms with Gasteiger partial charge in [0.1, 0.15) is 0 Å². The molecule has 1 heterocycles. The van der Waals surface area contributed by atoms with Gasteiger partial charge in [-0.15, -0.1) is 0 Å². The maximum Gasteiger partial charge on any atom is 0.0727 e. The quantitative estimate of drug-likeness (QED) is 0.905. The normalized spacial score (nSPS) is 22.6. The lowest BCUT2D eigenvalue weighted by Crippen LogP contribution is -2.53. The van der Waals surface area contributed by atoms with Crippen LogP contribution in [0.2, 0.25) is 0 Å². The Morgan fingerprint density at radius 2 is 1.45 bits per heavy atom. The Labute approximate surface area is 121 Å². The third-order valence-corrected chi connectivity index (χ3v) is 4.55. The molecule has 20 heavy (non-hydrogen) atoms. The standard InChI is InChI=1S/C18H22N2/c1-20-13-12-17(19)14-18(20,15-8-4-2-5-9-15)16-10-6-3-7-11-16/h2-11,17H,12-14,19H2,1H3. The van der Waals surface area contributed by atoms with Gasteiger partial charge in [-0.05, 0) is 31.0 Å². The molecule has 0 saturated carbocycles. The predicted octanol–water partition coefficient (Wildman–Crippen LogP) is 2.98. The summed E-state index contributed by atoms with van der Waals surface area (Å²) >= 11 is 0. The SMILES string of the molecule is CN1CCC(N)CC1(c1ccccc1)c1ccccc1. The Morgan fingerprint density at radius 1 is 0.950 bits per heavy atom. The van der Waals surface area contributed by atoms with Gasteiger partial charge in [0.15, 0.2) is 0 Å². The molecule has 3 rings (SSSR count). The van der Waals surface area contributed by atoms with Crippen LogP contribution in [-0.4, -0.2) is 24.5 Å². The van der Waals surface area contributed by atoms with Crippen molar-refractivity contribution in [1.82, 2.24) is 4.90 Å². The zero-order chi connectivity index (χ0) is 14.0. The van der Waals surface area contributed by atoms with Gasteiger partial charge in [0.05, 0.1) is 5.54 Å². The average Bonchev–Trinajstić information content (AvgIpc) is 2.51. The van der Waals surface area contributed by atoms with Gasteiger partial charge >= 0.3 is 0 Å². The molecule has 0 spiro atoms. The van der Waals surface area contributed by atoms with E-state index in [1.165, 1.54) is 11.1 Å². The van der Waals surface area contributed by atoms with Crippen molar-refractivity contribution in [1.29, 1.82) is 0 Å². The smallest absolute Gasteiger partial charge is 0.0727 e. The number of hydrogen-bond donors (Lipinski definition) is 1. The minimum absolute atomic E-state index is 0.0970. The molecule has 1 unspecified atom stereocenters. The Bertz CT molecular complexity index is 511. The van der Waals surface area contributed by atoms with Gasteiger partial charge in [0.25, 0.3) is 0 Å². The molecule has 1 fully saturated rings. The number of piperidine rings is 1. The molecule has 1 saturated heterocycles. The number of rotatable bonds is 2.